The molecular formula is C13H28N2. The van der Waals surface area contributed by atoms with Crippen LogP contribution in [0.2, 0.25) is 0 Å². The Morgan fingerprint density at radius 3 is 2.20 bits per heavy atom. The Hall–Kier alpha value is -0.0800. The third-order valence-electron chi connectivity index (χ3n) is 3.05. The topological polar surface area (TPSA) is 24.1 Å². The van der Waals surface area contributed by atoms with Crippen LogP contribution in [0, 0.1) is 5.92 Å². The lowest BCUT2D eigenvalue weighted by atomic mass is 10.2. The predicted molar refractivity (Wildman–Crippen MR) is 67.2 cm³/mol. The third-order valence-corrected chi connectivity index (χ3v) is 3.05. The molecule has 2 N–H and O–H groups in total. The van der Waals surface area contributed by atoms with Crippen LogP contribution < -0.4 is 10.6 Å². The maximum absolute atomic E-state index is 3.52. The van der Waals surface area contributed by atoms with E-state index in [4.69, 9.17) is 0 Å². The lowest BCUT2D eigenvalue weighted by Crippen LogP contribution is -2.23. The summed E-state index contributed by atoms with van der Waals surface area (Å²) >= 11 is 0. The Balaban J connectivity index is 1.62. The highest BCUT2D eigenvalue weighted by atomic mass is 14.9. The quantitative estimate of drug-likeness (QED) is 0.514. The molecule has 1 aliphatic rings. The molecule has 0 spiro atoms. The summed E-state index contributed by atoms with van der Waals surface area (Å²) in [5.74, 6) is 1.11. The fraction of sp³-hybridized carbons (Fsp3) is 1.00. The smallest absolute Gasteiger partial charge is 0.00368 e. The van der Waals surface area contributed by atoms with E-state index >= 15 is 0 Å². The minimum Gasteiger partial charge on any atom is -0.317 e. The molecule has 0 amide bonds. The average molecular weight is 212 g/mol. The maximum atomic E-state index is 3.52. The van der Waals surface area contributed by atoms with Gasteiger partial charge in [0, 0.05) is 0 Å². The number of nitrogens with one attached hydrogen (secondary N) is 2. The zero-order valence-electron chi connectivity index (χ0n) is 10.4. The molecule has 0 saturated heterocycles. The van der Waals surface area contributed by atoms with Crippen LogP contribution in [0.15, 0.2) is 0 Å². The molecule has 1 aliphatic carbocycles. The number of hydrogen-bond donors (Lipinski definition) is 2. The summed E-state index contributed by atoms with van der Waals surface area (Å²) in [6.45, 7) is 6.95. The molecule has 0 bridgehead atoms. The molecule has 1 fully saturated rings. The SMILES string of the molecule is CCCNCCCNCCCCC1CC1. The lowest BCUT2D eigenvalue weighted by Gasteiger charge is -2.05. The van der Waals surface area contributed by atoms with Gasteiger partial charge in [-0.2, -0.15) is 0 Å². The Bertz CT molecular complexity index is 132. The summed E-state index contributed by atoms with van der Waals surface area (Å²) in [5.41, 5.74) is 0. The lowest BCUT2D eigenvalue weighted by molar-refractivity contribution is 0.555. The first-order chi connectivity index (χ1) is 7.43. The highest BCUT2D eigenvalue weighted by Crippen LogP contribution is 2.33. The molecular weight excluding hydrogens is 184 g/mol. The molecule has 0 aromatic heterocycles. The molecule has 2 heteroatoms. The molecule has 2 nitrogen and oxygen atoms in total. The van der Waals surface area contributed by atoms with Crippen molar-refractivity contribution >= 4 is 0 Å². The van der Waals surface area contributed by atoms with Gasteiger partial charge >= 0.3 is 0 Å². The van der Waals surface area contributed by atoms with Crippen LogP contribution in [0.1, 0.15) is 51.9 Å². The normalized spacial score (nSPS) is 15.8. The van der Waals surface area contributed by atoms with Crippen molar-refractivity contribution in [2.45, 2.75) is 51.9 Å². The van der Waals surface area contributed by atoms with Crippen molar-refractivity contribution in [1.29, 1.82) is 0 Å². The van der Waals surface area contributed by atoms with Gasteiger partial charge in [-0.25, -0.2) is 0 Å². The van der Waals surface area contributed by atoms with E-state index in [-0.39, 0.29) is 0 Å². The largest absolute Gasteiger partial charge is 0.317 e. The van der Waals surface area contributed by atoms with Gasteiger partial charge in [0.2, 0.25) is 0 Å². The first kappa shape index (κ1) is 13.0. The van der Waals surface area contributed by atoms with Gasteiger partial charge < -0.3 is 10.6 Å². The van der Waals surface area contributed by atoms with E-state index in [1.807, 2.05) is 0 Å². The predicted octanol–water partition coefficient (Wildman–Crippen LogP) is 2.55. The van der Waals surface area contributed by atoms with Crippen molar-refractivity contribution in [2.75, 3.05) is 26.2 Å². The van der Waals surface area contributed by atoms with E-state index in [2.05, 4.69) is 17.6 Å². The van der Waals surface area contributed by atoms with E-state index in [0.717, 1.165) is 5.92 Å². The molecule has 0 radical (unpaired) electrons. The van der Waals surface area contributed by atoms with Crippen molar-refractivity contribution in [3.8, 4) is 0 Å². The van der Waals surface area contributed by atoms with E-state index < -0.39 is 0 Å². The molecule has 0 aromatic carbocycles. The van der Waals surface area contributed by atoms with Crippen LogP contribution >= 0.6 is 0 Å². The Morgan fingerprint density at radius 2 is 1.53 bits per heavy atom. The van der Waals surface area contributed by atoms with E-state index in [9.17, 15) is 0 Å². The maximum Gasteiger partial charge on any atom is -0.00368 e. The van der Waals surface area contributed by atoms with E-state index in [1.54, 1.807) is 0 Å². The molecule has 90 valence electrons. The molecule has 0 atom stereocenters. The molecule has 0 heterocycles. The van der Waals surface area contributed by atoms with Crippen molar-refractivity contribution in [2.24, 2.45) is 5.92 Å². The number of unbranched alkanes of at least 4 members (excludes halogenated alkanes) is 1. The molecule has 0 unspecified atom stereocenters. The van der Waals surface area contributed by atoms with Crippen molar-refractivity contribution in [3.63, 3.8) is 0 Å². The highest BCUT2D eigenvalue weighted by Gasteiger charge is 2.19. The van der Waals surface area contributed by atoms with Crippen molar-refractivity contribution in [3.05, 3.63) is 0 Å². The fourth-order valence-electron chi connectivity index (χ4n) is 1.85. The van der Waals surface area contributed by atoms with E-state index in [1.165, 1.54) is 71.1 Å². The van der Waals surface area contributed by atoms with Crippen molar-refractivity contribution < 1.29 is 0 Å². The van der Waals surface area contributed by atoms with Gasteiger partial charge in [0.25, 0.3) is 0 Å². The zero-order valence-corrected chi connectivity index (χ0v) is 10.4. The second-order valence-corrected chi connectivity index (χ2v) is 4.79. The van der Waals surface area contributed by atoms with Crippen LogP contribution in [0.4, 0.5) is 0 Å². The summed E-state index contributed by atoms with van der Waals surface area (Å²) in [7, 11) is 0. The summed E-state index contributed by atoms with van der Waals surface area (Å²) in [5, 5.41) is 6.94. The monoisotopic (exact) mass is 212 g/mol. The van der Waals surface area contributed by atoms with Crippen LogP contribution in [0.3, 0.4) is 0 Å². The second-order valence-electron chi connectivity index (χ2n) is 4.79. The van der Waals surface area contributed by atoms with Gasteiger partial charge in [-0.1, -0.05) is 32.6 Å². The number of hydrogen-bond acceptors (Lipinski definition) is 2. The van der Waals surface area contributed by atoms with Gasteiger partial charge in [-0.15, -0.1) is 0 Å². The summed E-state index contributed by atoms with van der Waals surface area (Å²) in [4.78, 5) is 0. The molecule has 1 rings (SSSR count). The van der Waals surface area contributed by atoms with Gasteiger partial charge in [-0.3, -0.25) is 0 Å². The highest BCUT2D eigenvalue weighted by molar-refractivity contribution is 4.72. The van der Waals surface area contributed by atoms with Crippen molar-refractivity contribution in [1.82, 2.24) is 10.6 Å². The van der Waals surface area contributed by atoms with Gasteiger partial charge in [0.1, 0.15) is 0 Å². The minimum absolute atomic E-state index is 1.11. The zero-order chi connectivity index (χ0) is 10.8. The van der Waals surface area contributed by atoms with Crippen LogP contribution in [-0.2, 0) is 0 Å². The summed E-state index contributed by atoms with van der Waals surface area (Å²) in [6.07, 6.45) is 9.83. The van der Waals surface area contributed by atoms with Gasteiger partial charge in [0.05, 0.1) is 0 Å². The number of rotatable bonds is 11. The Morgan fingerprint density at radius 1 is 0.867 bits per heavy atom. The van der Waals surface area contributed by atoms with Gasteiger partial charge in [-0.05, 0) is 51.4 Å². The standard InChI is InChI=1S/C13H28N2/c1-2-9-14-11-5-12-15-10-4-3-6-13-7-8-13/h13-15H,2-12H2,1H3. The fourth-order valence-corrected chi connectivity index (χ4v) is 1.85. The third kappa shape index (κ3) is 8.88. The molecule has 0 aliphatic heterocycles. The van der Waals surface area contributed by atoms with E-state index in [0.29, 0.717) is 0 Å². The van der Waals surface area contributed by atoms with Gasteiger partial charge in [0.15, 0.2) is 0 Å². The molecule has 0 aromatic rings. The van der Waals surface area contributed by atoms with Crippen LogP contribution in [-0.4, -0.2) is 26.2 Å². The average Bonchev–Trinajstić information content (AvgIpc) is 3.05. The first-order valence-electron chi connectivity index (χ1n) is 6.85. The van der Waals surface area contributed by atoms with Crippen LogP contribution in [0.5, 0.6) is 0 Å². The Kier molecular flexibility index (Phi) is 7.94. The van der Waals surface area contributed by atoms with Crippen LogP contribution in [0.25, 0.3) is 0 Å². The summed E-state index contributed by atoms with van der Waals surface area (Å²) in [6, 6.07) is 0. The first-order valence-corrected chi connectivity index (χ1v) is 6.85. The molecule has 15 heavy (non-hydrogen) atoms. The minimum atomic E-state index is 1.11. The Labute approximate surface area is 95.2 Å². The molecule has 1 saturated carbocycles. The summed E-state index contributed by atoms with van der Waals surface area (Å²) < 4.78 is 0. The second kappa shape index (κ2) is 9.17.